The van der Waals surface area contributed by atoms with Crippen molar-refractivity contribution in [1.29, 1.82) is 0 Å². The smallest absolute Gasteiger partial charge is 0.227 e. The minimum absolute atomic E-state index is 0.483. The summed E-state index contributed by atoms with van der Waals surface area (Å²) in [6.45, 7) is 0. The van der Waals surface area contributed by atoms with E-state index in [4.69, 9.17) is 28.8 Å². The lowest BCUT2D eigenvalue weighted by Gasteiger charge is -2.13. The first-order valence-electron chi connectivity index (χ1n) is 20.8. The molecule has 7 heterocycles. The number of furan rings is 1. The molecule has 0 saturated heterocycles. The summed E-state index contributed by atoms with van der Waals surface area (Å²) in [5.41, 5.74) is 13.7. The predicted molar refractivity (Wildman–Crippen MR) is 251 cm³/mol. The number of hydrogen-bond donors (Lipinski definition) is 0. The molecule has 0 fully saturated rings. The fraction of sp³-hybridized carbons (Fsp3) is 0. The fourth-order valence-electron chi connectivity index (χ4n) is 8.58. The highest BCUT2D eigenvalue weighted by molar-refractivity contribution is 6.11. The zero-order valence-corrected chi connectivity index (χ0v) is 33.7. The number of aromatic nitrogens is 8. The van der Waals surface area contributed by atoms with Crippen LogP contribution in [0.2, 0.25) is 0 Å². The molecule has 298 valence electrons. The Bertz CT molecular complexity index is 3880. The van der Waals surface area contributed by atoms with Crippen molar-refractivity contribution in [3.8, 4) is 67.9 Å². The molecule has 0 aliphatic rings. The Kier molecular flexibility index (Phi) is 7.97. The number of benzene rings is 6. The molecule has 0 radical (unpaired) electrons. The third-order valence-corrected chi connectivity index (χ3v) is 11.7. The van der Waals surface area contributed by atoms with Gasteiger partial charge in [-0.2, -0.15) is 0 Å². The molecule has 10 heteroatoms. The van der Waals surface area contributed by atoms with Crippen LogP contribution in [-0.4, -0.2) is 39.9 Å². The van der Waals surface area contributed by atoms with Crippen LogP contribution in [0.15, 0.2) is 191 Å². The van der Waals surface area contributed by atoms with Crippen LogP contribution >= 0.6 is 0 Å². The molecule has 64 heavy (non-hydrogen) atoms. The van der Waals surface area contributed by atoms with Gasteiger partial charge in [-0.05, 0) is 99.8 Å². The van der Waals surface area contributed by atoms with Gasteiger partial charge in [0.1, 0.15) is 16.7 Å². The van der Waals surface area contributed by atoms with Crippen molar-refractivity contribution in [3.05, 3.63) is 183 Å². The molecule has 0 aliphatic heterocycles. The SMILES string of the molecule is c1ccc(-c2nc3cc4c(cc3o2)oc2cc(-c3ccc(-c5ccc(-c6nc(-c7cnc8cccnc8c7)nc(-c7cnc8cccnc8c7)n6)cc5)c5ccccc35)ccc24)cc1. The molecule has 0 atom stereocenters. The van der Waals surface area contributed by atoms with Crippen LogP contribution in [0.1, 0.15) is 0 Å². The van der Waals surface area contributed by atoms with Crippen molar-refractivity contribution in [2.24, 2.45) is 0 Å². The van der Waals surface area contributed by atoms with Crippen LogP contribution < -0.4 is 0 Å². The quantitative estimate of drug-likeness (QED) is 0.160. The normalized spacial score (nSPS) is 11.8. The second-order valence-electron chi connectivity index (χ2n) is 15.6. The van der Waals surface area contributed by atoms with E-state index in [9.17, 15) is 0 Å². The third kappa shape index (κ3) is 6.04. The largest absolute Gasteiger partial charge is 0.456 e. The van der Waals surface area contributed by atoms with Crippen molar-refractivity contribution < 1.29 is 8.83 Å². The van der Waals surface area contributed by atoms with E-state index in [0.29, 0.717) is 28.9 Å². The minimum Gasteiger partial charge on any atom is -0.456 e. The Balaban J connectivity index is 0.861. The van der Waals surface area contributed by atoms with Crippen LogP contribution in [-0.2, 0) is 0 Å². The Labute approximate surface area is 363 Å². The predicted octanol–water partition coefficient (Wildman–Crippen LogP) is 13.0. The first-order valence-corrected chi connectivity index (χ1v) is 20.8. The average Bonchev–Trinajstić information content (AvgIpc) is 3.95. The lowest BCUT2D eigenvalue weighted by atomic mass is 9.91. The van der Waals surface area contributed by atoms with Crippen LogP contribution in [0, 0.1) is 0 Å². The van der Waals surface area contributed by atoms with Gasteiger partial charge in [0.05, 0.1) is 22.1 Å². The molecular formula is C54H30N8O2. The van der Waals surface area contributed by atoms with Crippen molar-refractivity contribution in [2.45, 2.75) is 0 Å². The molecule has 0 amide bonds. The van der Waals surface area contributed by atoms with Gasteiger partial charge in [-0.1, -0.05) is 84.9 Å². The molecular weight excluding hydrogens is 793 g/mol. The monoisotopic (exact) mass is 822 g/mol. The van der Waals surface area contributed by atoms with E-state index in [-0.39, 0.29) is 0 Å². The average molecular weight is 823 g/mol. The number of pyridine rings is 4. The van der Waals surface area contributed by atoms with Crippen LogP contribution in [0.25, 0.3) is 134 Å². The Morgan fingerprint density at radius 1 is 0.297 bits per heavy atom. The maximum atomic E-state index is 6.48. The second kappa shape index (κ2) is 14.3. The lowest BCUT2D eigenvalue weighted by Crippen LogP contribution is -2.01. The van der Waals surface area contributed by atoms with Gasteiger partial charge in [0.15, 0.2) is 23.1 Å². The lowest BCUT2D eigenvalue weighted by molar-refractivity contribution is 0.617. The Morgan fingerprint density at radius 2 is 0.875 bits per heavy atom. The van der Waals surface area contributed by atoms with Gasteiger partial charge < -0.3 is 8.83 Å². The standard InChI is InChI=1S/C54H30N8O2/c1-2-8-33(9-3-1)54-59-47-27-42-41-19-18-34(26-48(41)63-49(42)28-50(47)64-54)38-21-20-37(39-10-4-5-11-40(38)39)31-14-16-32(17-15-31)51-60-52(35-24-45-43(57-29-35)12-6-22-55-45)62-53(61-51)36-25-46-44(58-30-36)13-7-23-56-46/h1-30H. The molecule has 6 aromatic carbocycles. The molecule has 0 N–H and O–H groups in total. The topological polar surface area (TPSA) is 129 Å². The Morgan fingerprint density at radius 3 is 1.55 bits per heavy atom. The summed E-state index contributed by atoms with van der Waals surface area (Å²) in [7, 11) is 0. The minimum atomic E-state index is 0.483. The Hall–Kier alpha value is -9.02. The van der Waals surface area contributed by atoms with Crippen molar-refractivity contribution in [1.82, 2.24) is 39.9 Å². The maximum Gasteiger partial charge on any atom is 0.227 e. The van der Waals surface area contributed by atoms with E-state index in [1.165, 1.54) is 0 Å². The summed E-state index contributed by atoms with van der Waals surface area (Å²) >= 11 is 0. The summed E-state index contributed by atoms with van der Waals surface area (Å²) in [5.74, 6) is 2.08. The molecule has 13 aromatic rings. The van der Waals surface area contributed by atoms with Gasteiger partial charge >= 0.3 is 0 Å². The third-order valence-electron chi connectivity index (χ3n) is 11.7. The van der Waals surface area contributed by atoms with Crippen molar-refractivity contribution in [2.75, 3.05) is 0 Å². The molecule has 0 bridgehead atoms. The van der Waals surface area contributed by atoms with E-state index >= 15 is 0 Å². The van der Waals surface area contributed by atoms with E-state index in [1.54, 1.807) is 24.8 Å². The molecule has 7 aromatic heterocycles. The van der Waals surface area contributed by atoms with E-state index < -0.39 is 0 Å². The van der Waals surface area contributed by atoms with Crippen LogP contribution in [0.4, 0.5) is 0 Å². The molecule has 13 rings (SSSR count). The van der Waals surface area contributed by atoms with Crippen LogP contribution in [0.5, 0.6) is 0 Å². The summed E-state index contributed by atoms with van der Waals surface area (Å²) in [4.78, 5) is 38.0. The number of hydrogen-bond acceptors (Lipinski definition) is 10. The number of oxazole rings is 1. The van der Waals surface area contributed by atoms with E-state index in [0.717, 1.165) is 105 Å². The summed E-state index contributed by atoms with van der Waals surface area (Å²) in [6.07, 6.45) is 7.06. The first-order chi connectivity index (χ1) is 31.6. The van der Waals surface area contributed by atoms with Gasteiger partial charge in [-0.15, -0.1) is 0 Å². The van der Waals surface area contributed by atoms with Gasteiger partial charge in [-0.25, -0.2) is 19.9 Å². The molecule has 10 nitrogen and oxygen atoms in total. The highest BCUT2D eigenvalue weighted by Gasteiger charge is 2.18. The van der Waals surface area contributed by atoms with Gasteiger partial charge in [0.2, 0.25) is 5.89 Å². The molecule has 0 spiro atoms. The summed E-state index contributed by atoms with van der Waals surface area (Å²) in [6, 6.07) is 53.2. The highest BCUT2D eigenvalue weighted by atomic mass is 16.4. The molecule has 0 saturated carbocycles. The van der Waals surface area contributed by atoms with Crippen molar-refractivity contribution >= 4 is 65.9 Å². The van der Waals surface area contributed by atoms with Gasteiger partial charge in [-0.3, -0.25) is 19.9 Å². The first kappa shape index (κ1) is 35.7. The van der Waals surface area contributed by atoms with Gasteiger partial charge in [0, 0.05) is 63.9 Å². The van der Waals surface area contributed by atoms with E-state index in [1.807, 2.05) is 72.8 Å². The zero-order chi connectivity index (χ0) is 42.1. The van der Waals surface area contributed by atoms with E-state index in [2.05, 4.69) is 105 Å². The number of fused-ring (bicyclic) bond motifs is 7. The number of rotatable bonds is 6. The zero-order valence-electron chi connectivity index (χ0n) is 33.7. The fourth-order valence-corrected chi connectivity index (χ4v) is 8.58. The van der Waals surface area contributed by atoms with Crippen LogP contribution in [0.3, 0.4) is 0 Å². The summed E-state index contributed by atoms with van der Waals surface area (Å²) in [5, 5.41) is 4.30. The molecule has 0 unspecified atom stereocenters. The summed E-state index contributed by atoms with van der Waals surface area (Å²) < 4.78 is 12.6. The molecule has 0 aliphatic carbocycles. The second-order valence-corrected chi connectivity index (χ2v) is 15.6. The van der Waals surface area contributed by atoms with Gasteiger partial charge in [0.25, 0.3) is 0 Å². The van der Waals surface area contributed by atoms with Crippen molar-refractivity contribution in [3.63, 3.8) is 0 Å². The maximum absolute atomic E-state index is 6.48. The number of nitrogens with zero attached hydrogens (tertiary/aromatic N) is 8. The highest BCUT2D eigenvalue weighted by Crippen LogP contribution is 2.40.